The molecule has 0 bridgehead atoms. The van der Waals surface area contributed by atoms with Gasteiger partial charge in [0.1, 0.15) is 11.1 Å². The number of nitrogen functional groups attached to an aromatic ring is 1. The smallest absolute Gasteiger partial charge is 0.278 e. The molecule has 2 rings (SSSR count). The minimum atomic E-state index is -0.399. The Morgan fingerprint density at radius 3 is 2.86 bits per heavy atom. The number of hydrogen-bond donors (Lipinski definition) is 3. The molecule has 0 spiro atoms. The molecule has 1 amide bonds. The Morgan fingerprint density at radius 2 is 2.24 bits per heavy atom. The van der Waals surface area contributed by atoms with Crippen LogP contribution >= 0.6 is 11.3 Å². The molecule has 0 fully saturated rings. The van der Waals surface area contributed by atoms with Crippen molar-refractivity contribution in [3.05, 3.63) is 27.4 Å². The first-order valence-electron chi connectivity index (χ1n) is 6.63. The van der Waals surface area contributed by atoms with Gasteiger partial charge in [-0.25, -0.2) is 0 Å². The van der Waals surface area contributed by atoms with Crippen LogP contribution in [0.25, 0.3) is 0 Å². The van der Waals surface area contributed by atoms with E-state index in [0.29, 0.717) is 16.3 Å². The first kappa shape index (κ1) is 15.1. The third-order valence-electron chi connectivity index (χ3n) is 3.32. The van der Waals surface area contributed by atoms with Crippen molar-refractivity contribution in [2.24, 2.45) is 0 Å². The van der Waals surface area contributed by atoms with Gasteiger partial charge in [0.25, 0.3) is 5.91 Å². The van der Waals surface area contributed by atoms with Gasteiger partial charge in [-0.1, -0.05) is 13.3 Å². The molecule has 0 aliphatic rings. The van der Waals surface area contributed by atoms with Crippen LogP contribution in [0.3, 0.4) is 0 Å². The van der Waals surface area contributed by atoms with Gasteiger partial charge in [-0.3, -0.25) is 9.89 Å². The zero-order chi connectivity index (χ0) is 15.6. The van der Waals surface area contributed by atoms with Gasteiger partial charge in [0, 0.05) is 4.88 Å². The molecule has 2 aromatic heterocycles. The number of thiophene rings is 1. The summed E-state index contributed by atoms with van der Waals surface area (Å²) >= 11 is 1.38. The van der Waals surface area contributed by atoms with Crippen molar-refractivity contribution < 1.29 is 4.79 Å². The van der Waals surface area contributed by atoms with Crippen LogP contribution in [-0.4, -0.2) is 16.1 Å². The van der Waals surface area contributed by atoms with E-state index >= 15 is 0 Å². The van der Waals surface area contributed by atoms with E-state index in [4.69, 9.17) is 5.73 Å². The summed E-state index contributed by atoms with van der Waals surface area (Å²) in [5, 5.41) is 19.2. The molecule has 2 aromatic rings. The van der Waals surface area contributed by atoms with E-state index in [0.717, 1.165) is 29.0 Å². The maximum absolute atomic E-state index is 12.3. The standard InChI is InChI=1S/C14H17N5OS/c1-4-5-10-11(16)12(19-18-10)13(20)17-14-9(6-15)7(2)8(3)21-14/h4-5,16H2,1-3H3,(H,17,20)(H,18,19). The van der Waals surface area contributed by atoms with E-state index in [1.165, 1.54) is 11.3 Å². The Morgan fingerprint density at radius 1 is 1.52 bits per heavy atom. The van der Waals surface area contributed by atoms with Gasteiger partial charge in [0.2, 0.25) is 0 Å². The number of rotatable bonds is 4. The average Bonchev–Trinajstić information content (AvgIpc) is 2.93. The van der Waals surface area contributed by atoms with Crippen molar-refractivity contribution in [3.8, 4) is 6.07 Å². The van der Waals surface area contributed by atoms with E-state index in [1.807, 2.05) is 20.8 Å². The number of H-pyrrole nitrogens is 1. The van der Waals surface area contributed by atoms with Gasteiger partial charge in [-0.15, -0.1) is 11.3 Å². The fourth-order valence-corrected chi connectivity index (χ4v) is 3.02. The third kappa shape index (κ3) is 2.76. The van der Waals surface area contributed by atoms with Crippen LogP contribution < -0.4 is 11.1 Å². The lowest BCUT2D eigenvalue weighted by atomic mass is 10.2. The second-order valence-electron chi connectivity index (χ2n) is 4.77. The minimum Gasteiger partial charge on any atom is -0.395 e. The number of amides is 1. The molecule has 0 aromatic carbocycles. The highest BCUT2D eigenvalue weighted by Gasteiger charge is 2.20. The fourth-order valence-electron chi connectivity index (χ4n) is 2.01. The van der Waals surface area contributed by atoms with Crippen LogP contribution in [0.2, 0.25) is 0 Å². The van der Waals surface area contributed by atoms with Crippen LogP contribution in [0.1, 0.15) is 45.5 Å². The van der Waals surface area contributed by atoms with Crippen molar-refractivity contribution in [3.63, 3.8) is 0 Å². The molecule has 21 heavy (non-hydrogen) atoms. The van der Waals surface area contributed by atoms with Gasteiger partial charge < -0.3 is 11.1 Å². The summed E-state index contributed by atoms with van der Waals surface area (Å²) < 4.78 is 0. The molecule has 0 atom stereocenters. The third-order valence-corrected chi connectivity index (χ3v) is 4.44. The number of hydrogen-bond acceptors (Lipinski definition) is 5. The number of nitrogens with one attached hydrogen (secondary N) is 2. The van der Waals surface area contributed by atoms with Crippen molar-refractivity contribution in [2.75, 3.05) is 11.1 Å². The number of carbonyl (C=O) groups excluding carboxylic acids is 1. The number of aromatic amines is 1. The Bertz CT molecular complexity index is 723. The van der Waals surface area contributed by atoms with Crippen molar-refractivity contribution in [1.29, 1.82) is 5.26 Å². The molecular formula is C14H17N5OS. The lowest BCUT2D eigenvalue weighted by Crippen LogP contribution is -2.14. The maximum Gasteiger partial charge on any atom is 0.278 e. The van der Waals surface area contributed by atoms with E-state index in [-0.39, 0.29) is 5.69 Å². The summed E-state index contributed by atoms with van der Waals surface area (Å²) in [7, 11) is 0. The highest BCUT2D eigenvalue weighted by molar-refractivity contribution is 7.16. The van der Waals surface area contributed by atoms with Gasteiger partial charge in [0.05, 0.1) is 16.9 Å². The number of aromatic nitrogens is 2. The minimum absolute atomic E-state index is 0.172. The van der Waals surface area contributed by atoms with E-state index in [2.05, 4.69) is 21.6 Å². The Hall–Kier alpha value is -2.33. The largest absolute Gasteiger partial charge is 0.395 e. The molecule has 0 aliphatic carbocycles. The number of anilines is 2. The first-order chi connectivity index (χ1) is 9.99. The molecule has 0 unspecified atom stereocenters. The van der Waals surface area contributed by atoms with Gasteiger partial charge in [-0.05, 0) is 25.8 Å². The zero-order valence-electron chi connectivity index (χ0n) is 12.2. The molecule has 4 N–H and O–H groups in total. The van der Waals surface area contributed by atoms with E-state index in [9.17, 15) is 10.1 Å². The molecule has 0 saturated carbocycles. The van der Waals surface area contributed by atoms with Crippen LogP contribution in [0, 0.1) is 25.2 Å². The predicted octanol–water partition coefficient (Wildman–Crippen LogP) is 2.75. The monoisotopic (exact) mass is 303 g/mol. The summed E-state index contributed by atoms with van der Waals surface area (Å²) in [6.07, 6.45) is 1.65. The predicted molar refractivity (Wildman–Crippen MR) is 83.5 cm³/mol. The number of nitrogens with two attached hydrogens (primary N) is 1. The van der Waals surface area contributed by atoms with Crippen molar-refractivity contribution >= 4 is 27.9 Å². The van der Waals surface area contributed by atoms with Crippen molar-refractivity contribution in [1.82, 2.24) is 10.2 Å². The summed E-state index contributed by atoms with van der Waals surface area (Å²) in [5.41, 5.74) is 8.63. The number of aryl methyl sites for hydroxylation is 2. The van der Waals surface area contributed by atoms with Crippen LogP contribution in [0.5, 0.6) is 0 Å². The molecule has 7 heteroatoms. The van der Waals surface area contributed by atoms with Gasteiger partial charge in [-0.2, -0.15) is 10.4 Å². The second-order valence-corrected chi connectivity index (χ2v) is 5.99. The van der Waals surface area contributed by atoms with Gasteiger partial charge >= 0.3 is 0 Å². The zero-order valence-corrected chi connectivity index (χ0v) is 13.0. The van der Waals surface area contributed by atoms with E-state index < -0.39 is 5.91 Å². The molecule has 0 radical (unpaired) electrons. The SMILES string of the molecule is CCCc1[nH]nc(C(=O)Nc2sc(C)c(C)c2C#N)c1N. The van der Waals surface area contributed by atoms with Crippen LogP contribution in [-0.2, 0) is 6.42 Å². The lowest BCUT2D eigenvalue weighted by molar-refractivity contribution is 0.102. The highest BCUT2D eigenvalue weighted by atomic mass is 32.1. The summed E-state index contributed by atoms with van der Waals surface area (Å²) in [5.74, 6) is -0.399. The fraction of sp³-hybridized carbons (Fsp3) is 0.357. The van der Waals surface area contributed by atoms with Gasteiger partial charge in [0.15, 0.2) is 5.69 Å². The molecular weight excluding hydrogens is 286 g/mol. The lowest BCUT2D eigenvalue weighted by Gasteiger charge is -2.02. The highest BCUT2D eigenvalue weighted by Crippen LogP contribution is 2.32. The summed E-state index contributed by atoms with van der Waals surface area (Å²) in [4.78, 5) is 13.3. The molecule has 110 valence electrons. The Balaban J connectivity index is 2.27. The summed E-state index contributed by atoms with van der Waals surface area (Å²) in [6.45, 7) is 5.80. The topological polar surface area (TPSA) is 108 Å². The summed E-state index contributed by atoms with van der Waals surface area (Å²) in [6, 6.07) is 2.12. The average molecular weight is 303 g/mol. The molecule has 0 saturated heterocycles. The number of nitriles is 1. The Labute approximate surface area is 127 Å². The van der Waals surface area contributed by atoms with Crippen LogP contribution in [0.15, 0.2) is 0 Å². The first-order valence-corrected chi connectivity index (χ1v) is 7.45. The molecule has 0 aliphatic heterocycles. The van der Waals surface area contributed by atoms with E-state index in [1.54, 1.807) is 0 Å². The Kier molecular flexibility index (Phi) is 4.29. The number of carbonyl (C=O) groups is 1. The second kappa shape index (κ2) is 5.97. The van der Waals surface area contributed by atoms with Crippen LogP contribution in [0.4, 0.5) is 10.7 Å². The molecule has 2 heterocycles. The van der Waals surface area contributed by atoms with Crippen molar-refractivity contribution in [2.45, 2.75) is 33.6 Å². The molecule has 6 nitrogen and oxygen atoms in total. The maximum atomic E-state index is 12.3. The normalized spacial score (nSPS) is 10.4. The quantitative estimate of drug-likeness (QED) is 0.807. The number of nitrogens with zero attached hydrogens (tertiary/aromatic N) is 2.